The molecule has 1 aromatic carbocycles. The van der Waals surface area contributed by atoms with E-state index in [1.54, 1.807) is 0 Å². The highest BCUT2D eigenvalue weighted by Crippen LogP contribution is 2.18. The first-order chi connectivity index (χ1) is 7.56. The molecule has 1 rings (SSSR count). The molecule has 0 aliphatic rings. The highest BCUT2D eigenvalue weighted by molar-refractivity contribution is 9.10. The molecule has 0 N–H and O–H groups in total. The molecule has 0 aromatic heterocycles. The van der Waals surface area contributed by atoms with Gasteiger partial charge in [-0.05, 0) is 25.6 Å². The van der Waals surface area contributed by atoms with E-state index in [-0.39, 0.29) is 11.8 Å². The van der Waals surface area contributed by atoms with Crippen LogP contribution in [0.15, 0.2) is 28.7 Å². The molecule has 0 radical (unpaired) electrons. The zero-order chi connectivity index (χ0) is 12.1. The molecule has 1 atom stereocenters. The molecule has 0 saturated carbocycles. The molecule has 0 amide bonds. The largest absolute Gasteiger partial charge is 0.298 e. The average Bonchev–Trinajstić information content (AvgIpc) is 2.30. The molecule has 0 bridgehead atoms. The summed E-state index contributed by atoms with van der Waals surface area (Å²) in [5.74, 6) is 0.287. The van der Waals surface area contributed by atoms with Gasteiger partial charge < -0.3 is 0 Å². The number of carbonyl (C=O) groups is 1. The first kappa shape index (κ1) is 13.4. The van der Waals surface area contributed by atoms with Crippen molar-refractivity contribution in [1.82, 2.24) is 4.90 Å². The number of hydrogen-bond acceptors (Lipinski definition) is 2. The Morgan fingerprint density at radius 2 is 2.06 bits per heavy atom. The van der Waals surface area contributed by atoms with Gasteiger partial charge in [-0.15, -0.1) is 0 Å². The Morgan fingerprint density at radius 3 is 2.62 bits per heavy atom. The third-order valence-electron chi connectivity index (χ3n) is 2.85. The van der Waals surface area contributed by atoms with Crippen molar-refractivity contribution in [3.63, 3.8) is 0 Å². The quantitative estimate of drug-likeness (QED) is 0.827. The molecule has 0 heterocycles. The zero-order valence-corrected chi connectivity index (χ0v) is 11.6. The Bertz CT molecular complexity index is 365. The van der Waals surface area contributed by atoms with E-state index in [4.69, 9.17) is 0 Å². The minimum absolute atomic E-state index is 0.0166. The van der Waals surface area contributed by atoms with Gasteiger partial charge in [0.1, 0.15) is 5.78 Å². The van der Waals surface area contributed by atoms with E-state index in [2.05, 4.69) is 26.9 Å². The lowest BCUT2D eigenvalue weighted by atomic mass is 10.1. The minimum Gasteiger partial charge on any atom is -0.298 e. The minimum atomic E-state index is -0.0166. The van der Waals surface area contributed by atoms with E-state index < -0.39 is 0 Å². The zero-order valence-electron chi connectivity index (χ0n) is 10.0. The fourth-order valence-electron chi connectivity index (χ4n) is 1.57. The molecular formula is C13H18BrNO. The van der Waals surface area contributed by atoms with E-state index in [1.807, 2.05) is 39.1 Å². The molecule has 3 heteroatoms. The number of likely N-dealkylation sites (N-methyl/N-ethyl adjacent to an activating group) is 1. The van der Waals surface area contributed by atoms with E-state index in [9.17, 15) is 4.79 Å². The van der Waals surface area contributed by atoms with Crippen LogP contribution < -0.4 is 0 Å². The van der Waals surface area contributed by atoms with Crippen molar-refractivity contribution < 1.29 is 4.79 Å². The number of rotatable bonds is 5. The standard InChI is InChI=1S/C13H18BrNO/c1-4-13(16)10(2)15(3)9-11-7-5-6-8-12(11)14/h5-8,10H,4,9H2,1-3H3. The number of Topliss-reactive ketones (excluding diaryl/α,β-unsaturated/α-hetero) is 1. The third-order valence-corrected chi connectivity index (χ3v) is 3.63. The van der Waals surface area contributed by atoms with Gasteiger partial charge in [0.15, 0.2) is 0 Å². The van der Waals surface area contributed by atoms with E-state index in [1.165, 1.54) is 5.56 Å². The highest BCUT2D eigenvalue weighted by Gasteiger charge is 2.16. The summed E-state index contributed by atoms with van der Waals surface area (Å²) in [6.45, 7) is 4.65. The number of benzene rings is 1. The first-order valence-corrected chi connectivity index (χ1v) is 6.32. The summed E-state index contributed by atoms with van der Waals surface area (Å²) in [4.78, 5) is 13.7. The topological polar surface area (TPSA) is 20.3 Å². The molecule has 1 unspecified atom stereocenters. The van der Waals surface area contributed by atoms with Gasteiger partial charge in [0.05, 0.1) is 6.04 Å². The van der Waals surface area contributed by atoms with Crippen molar-refractivity contribution >= 4 is 21.7 Å². The Hall–Kier alpha value is -0.670. The number of hydrogen-bond donors (Lipinski definition) is 0. The van der Waals surface area contributed by atoms with Crippen molar-refractivity contribution in [3.8, 4) is 0 Å². The average molecular weight is 284 g/mol. The molecular weight excluding hydrogens is 266 g/mol. The van der Waals surface area contributed by atoms with Crippen molar-refractivity contribution in [1.29, 1.82) is 0 Å². The van der Waals surface area contributed by atoms with Crippen LogP contribution in [0.25, 0.3) is 0 Å². The van der Waals surface area contributed by atoms with Crippen LogP contribution in [0.2, 0.25) is 0 Å². The lowest BCUT2D eigenvalue weighted by molar-refractivity contribution is -0.123. The Morgan fingerprint density at radius 1 is 1.44 bits per heavy atom. The predicted molar refractivity (Wildman–Crippen MR) is 70.4 cm³/mol. The smallest absolute Gasteiger partial charge is 0.149 e. The molecule has 0 spiro atoms. The molecule has 1 aromatic rings. The first-order valence-electron chi connectivity index (χ1n) is 5.52. The van der Waals surface area contributed by atoms with Crippen molar-refractivity contribution in [2.24, 2.45) is 0 Å². The molecule has 0 aliphatic heterocycles. The van der Waals surface area contributed by atoms with Crippen molar-refractivity contribution in [2.45, 2.75) is 32.9 Å². The lowest BCUT2D eigenvalue weighted by Crippen LogP contribution is -2.35. The molecule has 0 saturated heterocycles. The fraction of sp³-hybridized carbons (Fsp3) is 0.462. The van der Waals surface area contributed by atoms with Crippen molar-refractivity contribution in [3.05, 3.63) is 34.3 Å². The molecule has 16 heavy (non-hydrogen) atoms. The number of nitrogens with zero attached hydrogens (tertiary/aromatic N) is 1. The van der Waals surface area contributed by atoms with Gasteiger partial charge in [-0.25, -0.2) is 0 Å². The summed E-state index contributed by atoms with van der Waals surface area (Å²) in [5.41, 5.74) is 1.21. The Balaban J connectivity index is 2.68. The SMILES string of the molecule is CCC(=O)C(C)N(C)Cc1ccccc1Br. The Kier molecular flexibility index (Phi) is 5.16. The van der Waals surface area contributed by atoms with Crippen LogP contribution in [-0.4, -0.2) is 23.8 Å². The van der Waals surface area contributed by atoms with Crippen LogP contribution in [-0.2, 0) is 11.3 Å². The summed E-state index contributed by atoms with van der Waals surface area (Å²) in [5, 5.41) is 0. The molecule has 0 fully saturated rings. The second-order valence-corrected chi connectivity index (χ2v) is 4.86. The molecule has 88 valence electrons. The van der Waals surface area contributed by atoms with Crippen LogP contribution in [0.4, 0.5) is 0 Å². The maximum atomic E-state index is 11.6. The van der Waals surface area contributed by atoms with Crippen LogP contribution >= 0.6 is 15.9 Å². The Labute approximate surface area is 106 Å². The van der Waals surface area contributed by atoms with Gasteiger partial charge in [0, 0.05) is 17.4 Å². The van der Waals surface area contributed by atoms with E-state index in [0.717, 1.165) is 11.0 Å². The van der Waals surface area contributed by atoms with Gasteiger partial charge in [-0.2, -0.15) is 0 Å². The van der Waals surface area contributed by atoms with Gasteiger partial charge in [0.2, 0.25) is 0 Å². The number of carbonyl (C=O) groups excluding carboxylic acids is 1. The van der Waals surface area contributed by atoms with Gasteiger partial charge in [0.25, 0.3) is 0 Å². The van der Waals surface area contributed by atoms with Crippen LogP contribution in [0.1, 0.15) is 25.8 Å². The predicted octanol–water partition coefficient (Wildman–Crippen LogP) is 3.25. The number of ketones is 1. The normalized spacial score (nSPS) is 12.8. The second kappa shape index (κ2) is 6.16. The van der Waals surface area contributed by atoms with E-state index in [0.29, 0.717) is 6.42 Å². The van der Waals surface area contributed by atoms with Crippen LogP contribution in [0.5, 0.6) is 0 Å². The summed E-state index contributed by atoms with van der Waals surface area (Å²) >= 11 is 3.52. The van der Waals surface area contributed by atoms with Gasteiger partial charge in [-0.3, -0.25) is 9.69 Å². The summed E-state index contributed by atoms with van der Waals surface area (Å²) in [6.07, 6.45) is 0.599. The highest BCUT2D eigenvalue weighted by atomic mass is 79.9. The molecule has 2 nitrogen and oxygen atoms in total. The van der Waals surface area contributed by atoms with Gasteiger partial charge >= 0.3 is 0 Å². The maximum Gasteiger partial charge on any atom is 0.149 e. The monoisotopic (exact) mass is 283 g/mol. The third kappa shape index (κ3) is 3.42. The van der Waals surface area contributed by atoms with Crippen LogP contribution in [0, 0.1) is 0 Å². The van der Waals surface area contributed by atoms with E-state index >= 15 is 0 Å². The summed E-state index contributed by atoms with van der Waals surface area (Å²) in [6, 6.07) is 8.09. The second-order valence-electron chi connectivity index (χ2n) is 4.00. The summed E-state index contributed by atoms with van der Waals surface area (Å²) < 4.78 is 1.10. The van der Waals surface area contributed by atoms with Gasteiger partial charge in [-0.1, -0.05) is 41.1 Å². The maximum absolute atomic E-state index is 11.6. The van der Waals surface area contributed by atoms with Crippen molar-refractivity contribution in [2.75, 3.05) is 7.05 Å². The summed E-state index contributed by atoms with van der Waals surface area (Å²) in [7, 11) is 1.98. The van der Waals surface area contributed by atoms with Crippen LogP contribution in [0.3, 0.4) is 0 Å². The number of halogens is 1. The fourth-order valence-corrected chi connectivity index (χ4v) is 1.98. The molecule has 0 aliphatic carbocycles. The lowest BCUT2D eigenvalue weighted by Gasteiger charge is -2.23.